The van der Waals surface area contributed by atoms with Gasteiger partial charge in [0.2, 0.25) is 0 Å². The van der Waals surface area contributed by atoms with Crippen molar-refractivity contribution < 1.29 is 19.5 Å². The molecule has 0 fully saturated rings. The van der Waals surface area contributed by atoms with E-state index in [4.69, 9.17) is 0 Å². The summed E-state index contributed by atoms with van der Waals surface area (Å²) in [5.74, 6) is 0. The van der Waals surface area contributed by atoms with Gasteiger partial charge < -0.3 is 0 Å². The first-order chi connectivity index (χ1) is 7.42. The second-order valence-electron chi connectivity index (χ2n) is 3.42. The van der Waals surface area contributed by atoms with E-state index >= 15 is 0 Å². The second-order valence-corrected chi connectivity index (χ2v) is 5.94. The van der Waals surface area contributed by atoms with Gasteiger partial charge in [0.15, 0.2) is 0 Å². The van der Waals surface area contributed by atoms with Crippen LogP contribution in [0.1, 0.15) is 6.92 Å². The number of hydrogen-bond acceptors (Lipinski definition) is 0. The molecule has 0 spiro atoms. The third-order valence-electron chi connectivity index (χ3n) is 2.45. The summed E-state index contributed by atoms with van der Waals surface area (Å²) in [6.07, 6.45) is 1.21. The molecule has 0 heterocycles. The summed E-state index contributed by atoms with van der Waals surface area (Å²) in [5, 5.41) is 2.95. The summed E-state index contributed by atoms with van der Waals surface area (Å²) in [7, 11) is -0.149. The first kappa shape index (κ1) is 13.6. The first-order valence-electron chi connectivity index (χ1n) is 5.29. The molecule has 0 amide bonds. The third kappa shape index (κ3) is 3.24. The van der Waals surface area contributed by atoms with Gasteiger partial charge >= 0.3 is 0 Å². The zero-order valence-electron chi connectivity index (χ0n) is 9.28. The van der Waals surface area contributed by atoms with Crippen molar-refractivity contribution in [3.63, 3.8) is 0 Å². The Labute approximate surface area is 112 Å². The quantitative estimate of drug-likeness (QED) is 0.603. The maximum absolute atomic E-state index is 2.27. The number of benzene rings is 2. The summed E-state index contributed by atoms with van der Waals surface area (Å²) in [5.41, 5.74) is 0. The van der Waals surface area contributed by atoms with Gasteiger partial charge in [-0.2, -0.15) is 0 Å². The van der Waals surface area contributed by atoms with Crippen molar-refractivity contribution >= 4 is 18.5 Å². The average Bonchev–Trinajstić information content (AvgIpc) is 2.33. The van der Waals surface area contributed by atoms with Crippen molar-refractivity contribution in [3.05, 3.63) is 60.7 Å². The van der Waals surface area contributed by atoms with Crippen LogP contribution in [-0.4, -0.2) is 6.16 Å². The van der Waals surface area contributed by atoms with Gasteiger partial charge in [0.05, 0.1) is 0 Å². The Bertz CT molecular complexity index is 360. The van der Waals surface area contributed by atoms with Gasteiger partial charge in [0.1, 0.15) is 0 Å². The minimum absolute atomic E-state index is 0. The largest absolute Gasteiger partial charge is 0.0622 e. The van der Waals surface area contributed by atoms with Gasteiger partial charge in [-0.1, -0.05) is 67.6 Å². The summed E-state index contributed by atoms with van der Waals surface area (Å²) >= 11 is 0. The SMILES string of the molecule is CCP(c1ccccc1)c1ccccc1.[Ru]. The second kappa shape index (κ2) is 6.94. The van der Waals surface area contributed by atoms with Gasteiger partial charge in [-0.25, -0.2) is 0 Å². The van der Waals surface area contributed by atoms with Gasteiger partial charge in [-0.15, -0.1) is 0 Å². The van der Waals surface area contributed by atoms with Crippen LogP contribution in [0.4, 0.5) is 0 Å². The van der Waals surface area contributed by atoms with Crippen LogP contribution in [0.15, 0.2) is 60.7 Å². The Morgan fingerprint density at radius 1 is 0.750 bits per heavy atom. The molecule has 0 nitrogen and oxygen atoms in total. The normalized spacial score (nSPS) is 9.88. The maximum atomic E-state index is 2.27. The van der Waals surface area contributed by atoms with E-state index in [9.17, 15) is 0 Å². The molecule has 0 aliphatic heterocycles. The third-order valence-corrected chi connectivity index (χ3v) is 4.93. The summed E-state index contributed by atoms with van der Waals surface area (Å²) < 4.78 is 0. The smallest absolute Gasteiger partial charge is 0 e. The minimum atomic E-state index is -0.149. The Balaban J connectivity index is 0.00000128. The molecule has 2 aromatic carbocycles. The van der Waals surface area contributed by atoms with Gasteiger partial charge in [0.25, 0.3) is 0 Å². The van der Waals surface area contributed by atoms with Crippen LogP contribution >= 0.6 is 7.92 Å². The average molecular weight is 315 g/mol. The monoisotopic (exact) mass is 316 g/mol. The van der Waals surface area contributed by atoms with E-state index < -0.39 is 0 Å². The topological polar surface area (TPSA) is 0 Å². The van der Waals surface area contributed by atoms with E-state index in [1.54, 1.807) is 0 Å². The van der Waals surface area contributed by atoms with Crippen molar-refractivity contribution in [2.24, 2.45) is 0 Å². The fourth-order valence-corrected chi connectivity index (χ4v) is 3.82. The molecule has 84 valence electrons. The molecule has 0 aromatic heterocycles. The Morgan fingerprint density at radius 3 is 1.44 bits per heavy atom. The molecule has 0 bridgehead atoms. The van der Waals surface area contributed by atoms with Crippen LogP contribution in [0.25, 0.3) is 0 Å². The standard InChI is InChI=1S/C14H15P.Ru/c1-2-15(13-9-5-3-6-10-13)14-11-7-4-8-12-14;/h3-12H,2H2,1H3;. The molecule has 2 rings (SSSR count). The van der Waals surface area contributed by atoms with Crippen LogP contribution in [0, 0.1) is 0 Å². The van der Waals surface area contributed by atoms with Crippen molar-refractivity contribution in [3.8, 4) is 0 Å². The fourth-order valence-electron chi connectivity index (χ4n) is 1.73. The van der Waals surface area contributed by atoms with E-state index in [1.165, 1.54) is 16.8 Å². The molecule has 0 unspecified atom stereocenters. The van der Waals surface area contributed by atoms with Crippen molar-refractivity contribution in [2.75, 3.05) is 6.16 Å². The predicted molar refractivity (Wildman–Crippen MR) is 69.6 cm³/mol. The Kier molecular flexibility index (Phi) is 5.88. The van der Waals surface area contributed by atoms with Crippen molar-refractivity contribution in [1.29, 1.82) is 0 Å². The molecule has 0 radical (unpaired) electrons. The molecule has 0 saturated carbocycles. The minimum Gasteiger partial charge on any atom is -0.0622 e. The molecular weight excluding hydrogens is 300 g/mol. The van der Waals surface area contributed by atoms with Gasteiger partial charge in [-0.05, 0) is 24.7 Å². The van der Waals surface area contributed by atoms with E-state index in [0.29, 0.717) is 0 Å². The van der Waals surface area contributed by atoms with Crippen LogP contribution in [0.2, 0.25) is 0 Å². The number of rotatable bonds is 3. The molecule has 0 aliphatic carbocycles. The summed E-state index contributed by atoms with van der Waals surface area (Å²) in [4.78, 5) is 0. The molecule has 0 atom stereocenters. The molecule has 0 saturated heterocycles. The molecule has 0 aliphatic rings. The van der Waals surface area contributed by atoms with E-state index in [-0.39, 0.29) is 27.4 Å². The van der Waals surface area contributed by atoms with E-state index in [0.717, 1.165) is 0 Å². The van der Waals surface area contributed by atoms with Crippen LogP contribution < -0.4 is 10.6 Å². The zero-order valence-corrected chi connectivity index (χ0v) is 11.9. The molecule has 16 heavy (non-hydrogen) atoms. The van der Waals surface area contributed by atoms with Crippen molar-refractivity contribution in [1.82, 2.24) is 0 Å². The summed E-state index contributed by atoms with van der Waals surface area (Å²) in [6, 6.07) is 21.6. The summed E-state index contributed by atoms with van der Waals surface area (Å²) in [6.45, 7) is 2.27. The van der Waals surface area contributed by atoms with E-state index in [1.807, 2.05) is 0 Å². The van der Waals surface area contributed by atoms with Gasteiger partial charge in [0, 0.05) is 19.5 Å². The fraction of sp³-hybridized carbons (Fsp3) is 0.143. The maximum Gasteiger partial charge on any atom is 0 e. The van der Waals surface area contributed by atoms with Crippen LogP contribution in [-0.2, 0) is 19.5 Å². The number of hydrogen-bond donors (Lipinski definition) is 0. The Hall–Kier alpha value is -0.507. The van der Waals surface area contributed by atoms with Crippen molar-refractivity contribution in [2.45, 2.75) is 6.92 Å². The Morgan fingerprint density at radius 2 is 1.12 bits per heavy atom. The molecule has 2 aromatic rings. The molecular formula is C14H15PRu. The first-order valence-corrected chi connectivity index (χ1v) is 6.82. The molecule has 0 N–H and O–H groups in total. The van der Waals surface area contributed by atoms with Gasteiger partial charge in [-0.3, -0.25) is 0 Å². The molecule has 2 heteroatoms. The van der Waals surface area contributed by atoms with E-state index in [2.05, 4.69) is 67.6 Å². The van der Waals surface area contributed by atoms with Crippen LogP contribution in [0.3, 0.4) is 0 Å². The predicted octanol–water partition coefficient (Wildman–Crippen LogP) is 3.14. The zero-order chi connectivity index (χ0) is 10.5. The van der Waals surface area contributed by atoms with Crippen LogP contribution in [0.5, 0.6) is 0 Å².